The molecule has 0 aliphatic heterocycles. The maximum Gasteiger partial charge on any atom is 0.149 e. The largest absolute Gasteiger partial charge is 0.365 e. The van der Waals surface area contributed by atoms with E-state index in [-0.39, 0.29) is 5.82 Å². The quantitative estimate of drug-likeness (QED) is 0.475. The third-order valence-corrected chi connectivity index (χ3v) is 4.98. The molecule has 0 spiro atoms. The van der Waals surface area contributed by atoms with Gasteiger partial charge in [0.05, 0.1) is 17.4 Å². The zero-order valence-electron chi connectivity index (χ0n) is 15.6. The Hall–Kier alpha value is -3.80. The normalized spacial score (nSPS) is 11.2. The summed E-state index contributed by atoms with van der Waals surface area (Å²) in [4.78, 5) is 12.7. The van der Waals surface area contributed by atoms with Crippen molar-refractivity contribution < 1.29 is 4.39 Å². The SMILES string of the molecule is Fc1cccc2c(NCc3ccc(Cn4cnc5ccccc54)cc3)ncnc12. The Morgan fingerprint density at radius 2 is 1.66 bits per heavy atom. The molecule has 0 aliphatic carbocycles. The molecule has 0 fully saturated rings. The van der Waals surface area contributed by atoms with Gasteiger partial charge in [-0.05, 0) is 35.4 Å². The molecule has 5 nitrogen and oxygen atoms in total. The van der Waals surface area contributed by atoms with E-state index in [0.717, 1.165) is 23.1 Å². The fourth-order valence-electron chi connectivity index (χ4n) is 3.47. The Balaban J connectivity index is 1.31. The maximum atomic E-state index is 13.9. The van der Waals surface area contributed by atoms with E-state index < -0.39 is 0 Å². The van der Waals surface area contributed by atoms with E-state index in [1.165, 1.54) is 18.0 Å². The predicted octanol–water partition coefficient (Wildman–Crippen LogP) is 4.78. The van der Waals surface area contributed by atoms with Crippen molar-refractivity contribution in [2.45, 2.75) is 13.1 Å². The number of anilines is 1. The van der Waals surface area contributed by atoms with Crippen molar-refractivity contribution in [1.29, 1.82) is 0 Å². The molecule has 0 bridgehead atoms. The number of nitrogens with one attached hydrogen (secondary N) is 1. The van der Waals surface area contributed by atoms with Gasteiger partial charge in [-0.2, -0.15) is 0 Å². The lowest BCUT2D eigenvalue weighted by Gasteiger charge is -2.10. The number of nitrogens with zero attached hydrogens (tertiary/aromatic N) is 4. The van der Waals surface area contributed by atoms with Crippen molar-refractivity contribution in [1.82, 2.24) is 19.5 Å². The average molecular weight is 383 g/mol. The smallest absolute Gasteiger partial charge is 0.149 e. The molecule has 6 heteroatoms. The highest BCUT2D eigenvalue weighted by molar-refractivity contribution is 5.89. The van der Waals surface area contributed by atoms with Gasteiger partial charge in [0.2, 0.25) is 0 Å². The van der Waals surface area contributed by atoms with E-state index >= 15 is 0 Å². The molecule has 0 aliphatic rings. The first kappa shape index (κ1) is 17.3. The van der Waals surface area contributed by atoms with Crippen molar-refractivity contribution in [2.24, 2.45) is 0 Å². The van der Waals surface area contributed by atoms with Crippen LogP contribution in [0.5, 0.6) is 0 Å². The summed E-state index contributed by atoms with van der Waals surface area (Å²) in [7, 11) is 0. The van der Waals surface area contributed by atoms with Crippen molar-refractivity contribution >= 4 is 27.8 Å². The van der Waals surface area contributed by atoms with Gasteiger partial charge in [0, 0.05) is 18.5 Å². The summed E-state index contributed by atoms with van der Waals surface area (Å²) < 4.78 is 16.0. The van der Waals surface area contributed by atoms with Crippen LogP contribution in [0.2, 0.25) is 0 Å². The summed E-state index contributed by atoms with van der Waals surface area (Å²) in [5, 5.41) is 3.96. The van der Waals surface area contributed by atoms with E-state index in [1.807, 2.05) is 30.6 Å². The van der Waals surface area contributed by atoms with Crippen LogP contribution in [0.25, 0.3) is 21.9 Å². The lowest BCUT2D eigenvalue weighted by Crippen LogP contribution is -2.03. The van der Waals surface area contributed by atoms with Gasteiger partial charge in [-0.25, -0.2) is 19.3 Å². The minimum Gasteiger partial charge on any atom is -0.365 e. The van der Waals surface area contributed by atoms with Gasteiger partial charge in [0.25, 0.3) is 0 Å². The minimum atomic E-state index is -0.343. The number of benzene rings is 3. The fourth-order valence-corrected chi connectivity index (χ4v) is 3.47. The molecule has 1 N–H and O–H groups in total. The van der Waals surface area contributed by atoms with Crippen molar-refractivity contribution in [3.05, 3.63) is 96.3 Å². The van der Waals surface area contributed by atoms with Gasteiger partial charge < -0.3 is 9.88 Å². The molecular formula is C23H18FN5. The van der Waals surface area contributed by atoms with Crippen molar-refractivity contribution in [3.8, 4) is 0 Å². The summed E-state index contributed by atoms with van der Waals surface area (Å²) in [6.07, 6.45) is 3.26. The Morgan fingerprint density at radius 3 is 2.55 bits per heavy atom. The molecule has 5 aromatic rings. The highest BCUT2D eigenvalue weighted by atomic mass is 19.1. The minimum absolute atomic E-state index is 0.327. The summed E-state index contributed by atoms with van der Waals surface area (Å²) in [5.74, 6) is 0.285. The van der Waals surface area contributed by atoms with E-state index in [9.17, 15) is 4.39 Å². The predicted molar refractivity (Wildman–Crippen MR) is 112 cm³/mol. The molecule has 3 aromatic carbocycles. The van der Waals surface area contributed by atoms with Crippen LogP contribution in [0.1, 0.15) is 11.1 Å². The monoisotopic (exact) mass is 383 g/mol. The van der Waals surface area contributed by atoms with E-state index in [2.05, 4.69) is 55.2 Å². The van der Waals surface area contributed by atoms with Crippen molar-refractivity contribution in [3.63, 3.8) is 0 Å². The van der Waals surface area contributed by atoms with Crippen LogP contribution >= 0.6 is 0 Å². The number of rotatable bonds is 5. The highest BCUT2D eigenvalue weighted by Crippen LogP contribution is 2.22. The second kappa shape index (κ2) is 7.31. The molecule has 2 heterocycles. The number of imidazole rings is 1. The van der Waals surface area contributed by atoms with Crippen LogP contribution in [0.15, 0.2) is 79.4 Å². The van der Waals surface area contributed by atoms with E-state index in [4.69, 9.17) is 0 Å². The number of hydrogen-bond donors (Lipinski definition) is 1. The van der Waals surface area contributed by atoms with Gasteiger partial charge in [-0.1, -0.05) is 42.5 Å². The van der Waals surface area contributed by atoms with Gasteiger partial charge in [0.15, 0.2) is 0 Å². The number of aromatic nitrogens is 4. The standard InChI is InChI=1S/C23H18FN5/c24-19-5-3-4-18-22(19)26-14-27-23(18)25-12-16-8-10-17(11-9-16)13-29-15-28-20-6-1-2-7-21(20)29/h1-11,14-15H,12-13H2,(H,25,26,27). The molecule has 142 valence electrons. The second-order valence-corrected chi connectivity index (χ2v) is 6.89. The summed E-state index contributed by atoms with van der Waals surface area (Å²) >= 11 is 0. The number of hydrogen-bond acceptors (Lipinski definition) is 4. The van der Waals surface area contributed by atoms with Gasteiger partial charge in [-0.15, -0.1) is 0 Å². The number of para-hydroxylation sites is 3. The van der Waals surface area contributed by atoms with Crippen LogP contribution in [0, 0.1) is 5.82 Å². The lowest BCUT2D eigenvalue weighted by atomic mass is 10.1. The third-order valence-electron chi connectivity index (χ3n) is 4.98. The Kier molecular flexibility index (Phi) is 4.37. The fraction of sp³-hybridized carbons (Fsp3) is 0.0870. The number of halogens is 1. The number of fused-ring (bicyclic) bond motifs is 2. The summed E-state index contributed by atoms with van der Waals surface area (Å²) in [6, 6.07) is 21.4. The first-order valence-electron chi connectivity index (χ1n) is 9.39. The summed E-state index contributed by atoms with van der Waals surface area (Å²) in [6.45, 7) is 1.36. The molecule has 29 heavy (non-hydrogen) atoms. The molecule has 2 aromatic heterocycles. The Bertz CT molecular complexity index is 1290. The van der Waals surface area contributed by atoms with Gasteiger partial charge in [0.1, 0.15) is 23.5 Å². The maximum absolute atomic E-state index is 13.9. The van der Waals surface area contributed by atoms with Crippen molar-refractivity contribution in [2.75, 3.05) is 5.32 Å². The topological polar surface area (TPSA) is 55.6 Å². The molecular weight excluding hydrogens is 365 g/mol. The zero-order chi connectivity index (χ0) is 19.6. The third kappa shape index (κ3) is 3.40. The summed E-state index contributed by atoms with van der Waals surface area (Å²) in [5.41, 5.74) is 4.77. The lowest BCUT2D eigenvalue weighted by molar-refractivity contribution is 0.636. The Morgan fingerprint density at radius 1 is 0.828 bits per heavy atom. The molecule has 0 saturated carbocycles. The molecule has 0 amide bonds. The molecule has 0 atom stereocenters. The highest BCUT2D eigenvalue weighted by Gasteiger charge is 2.07. The van der Waals surface area contributed by atoms with Crippen LogP contribution in [0.3, 0.4) is 0 Å². The molecule has 0 saturated heterocycles. The van der Waals surface area contributed by atoms with Crippen LogP contribution in [-0.4, -0.2) is 19.5 Å². The Labute approximate surface area is 166 Å². The van der Waals surface area contributed by atoms with Gasteiger partial charge >= 0.3 is 0 Å². The zero-order valence-corrected chi connectivity index (χ0v) is 15.6. The van der Waals surface area contributed by atoms with E-state index in [0.29, 0.717) is 23.3 Å². The molecule has 0 radical (unpaired) electrons. The first-order valence-corrected chi connectivity index (χ1v) is 9.39. The van der Waals surface area contributed by atoms with Crippen LogP contribution in [-0.2, 0) is 13.1 Å². The van der Waals surface area contributed by atoms with Gasteiger partial charge in [-0.3, -0.25) is 0 Å². The van der Waals surface area contributed by atoms with Crippen LogP contribution < -0.4 is 5.32 Å². The second-order valence-electron chi connectivity index (χ2n) is 6.89. The van der Waals surface area contributed by atoms with Crippen LogP contribution in [0.4, 0.5) is 10.2 Å². The average Bonchev–Trinajstić information content (AvgIpc) is 3.17. The van der Waals surface area contributed by atoms with E-state index in [1.54, 1.807) is 6.07 Å². The molecule has 0 unspecified atom stereocenters. The molecule has 5 rings (SSSR count). The first-order chi connectivity index (χ1) is 14.3.